The number of ether oxygens (including phenoxy) is 1. The summed E-state index contributed by atoms with van der Waals surface area (Å²) in [5, 5.41) is 11.9. The van der Waals surface area contributed by atoms with Crippen molar-refractivity contribution in [1.29, 1.82) is 0 Å². The Labute approximate surface area is 598 Å². The molecule has 2 aliphatic heterocycles. The zero-order chi connectivity index (χ0) is 73.0. The Bertz CT molecular complexity index is 2730. The summed E-state index contributed by atoms with van der Waals surface area (Å²) in [6.07, 6.45) is 14.3. The number of rotatable bonds is 14. The van der Waals surface area contributed by atoms with Crippen molar-refractivity contribution in [2.45, 2.75) is 261 Å². The molecule has 98 heavy (non-hydrogen) atoms. The highest BCUT2D eigenvalue weighted by Crippen LogP contribution is 2.34. The number of nitrogens with zero attached hydrogens (tertiary/aromatic N) is 8. The van der Waals surface area contributed by atoms with Gasteiger partial charge in [-0.05, 0) is 139 Å². The average Bonchev–Trinajstić information content (AvgIpc) is 0.809. The lowest BCUT2D eigenvalue weighted by atomic mass is 9.82. The van der Waals surface area contributed by atoms with E-state index in [1.54, 1.807) is 32.8 Å². The van der Waals surface area contributed by atoms with E-state index >= 15 is 19.2 Å². The van der Waals surface area contributed by atoms with E-state index in [-0.39, 0.29) is 61.4 Å². The molecule has 556 valence electrons. The monoisotopic (exact) mass is 1490 g/mol. The first kappa shape index (κ1) is 83.0. The summed E-state index contributed by atoms with van der Waals surface area (Å²) in [4.78, 5) is 189. The van der Waals surface area contributed by atoms with Crippen molar-refractivity contribution in [2.24, 2.45) is 35.5 Å². The molecule has 2 heterocycles. The first-order chi connectivity index (χ1) is 46.1. The first-order valence-corrected chi connectivity index (χ1v) is 37.8. The number of hydrogen-bond donors (Lipinski definition) is 4. The second-order valence-corrected chi connectivity index (χ2v) is 32.5. The number of alkyl halides is 1. The number of hydrogen-bond acceptors (Lipinski definition) is 13. The third-order valence-electron chi connectivity index (χ3n) is 21.8. The van der Waals surface area contributed by atoms with Crippen molar-refractivity contribution in [2.75, 3.05) is 89.2 Å². The van der Waals surface area contributed by atoms with Gasteiger partial charge >= 0.3 is 0 Å². The maximum atomic E-state index is 15.4. The van der Waals surface area contributed by atoms with Gasteiger partial charge < -0.3 is 65.2 Å². The number of carbonyl (C=O) groups excluding carboxylic acids is 12. The molecule has 3 saturated carbocycles. The zero-order valence-corrected chi connectivity index (χ0v) is 64.4. The summed E-state index contributed by atoms with van der Waals surface area (Å²) in [6, 6.07) is -8.34. The molecule has 26 heteroatoms. The van der Waals surface area contributed by atoms with Crippen LogP contribution in [0.4, 0.5) is 0 Å². The van der Waals surface area contributed by atoms with E-state index in [1.165, 1.54) is 83.6 Å². The summed E-state index contributed by atoms with van der Waals surface area (Å²) < 4.78 is 6.04. The van der Waals surface area contributed by atoms with E-state index < -0.39 is 151 Å². The van der Waals surface area contributed by atoms with Crippen LogP contribution >= 0.6 is 22.6 Å². The van der Waals surface area contributed by atoms with Gasteiger partial charge in [-0.3, -0.25) is 57.5 Å². The highest BCUT2D eigenvalue weighted by atomic mass is 127. The van der Waals surface area contributed by atoms with Gasteiger partial charge in [-0.15, -0.1) is 0 Å². The number of carbonyl (C=O) groups is 12. The molecule has 0 aromatic heterocycles. The predicted molar refractivity (Wildman–Crippen MR) is 384 cm³/mol. The van der Waals surface area contributed by atoms with Gasteiger partial charge in [-0.25, -0.2) is 0 Å². The van der Waals surface area contributed by atoms with Crippen LogP contribution in [0.3, 0.4) is 0 Å². The van der Waals surface area contributed by atoms with Crippen molar-refractivity contribution < 1.29 is 62.3 Å². The van der Waals surface area contributed by atoms with Gasteiger partial charge in [0.25, 0.3) is 0 Å². The number of likely N-dealkylation sites (N-methyl/N-ethyl adjacent to an activating group) is 7. The van der Waals surface area contributed by atoms with Crippen molar-refractivity contribution in [3.8, 4) is 0 Å². The van der Waals surface area contributed by atoms with Gasteiger partial charge in [0.15, 0.2) is 0 Å². The van der Waals surface area contributed by atoms with Crippen LogP contribution in [0.25, 0.3) is 0 Å². The van der Waals surface area contributed by atoms with Crippen molar-refractivity contribution >= 4 is 93.5 Å². The quantitative estimate of drug-likeness (QED) is 0.123. The molecule has 0 bridgehead atoms. The van der Waals surface area contributed by atoms with E-state index in [4.69, 9.17) is 4.74 Å². The molecule has 5 fully saturated rings. The topological polar surface area (TPSA) is 288 Å². The number of nitrogens with one attached hydrogen (secondary N) is 4. The molecule has 0 radical (unpaired) electrons. The SMILES string of the molecule is CC[C@H](C)[C@@H]1NC(=O)[C@H](CC(C)C)N(C)C(=O)C[C@@H](C(=O)N2CCCCC2)N(C)C(=O)[C@H](CC(C)C)NC(=O)C(C)(C)N(C)C(=O)[C@H](CC2CCC(OC)CC2)NC(=O)[C@H](CC2CCCC(I)C2)NC(=O)CN(C)C(=O)[C@H](CC2CCCCC2)N(C)C(=O)CN(C)C(=O)CN(C)C1=O. The standard InChI is InChI=1S/C72H123IN12O13/c1-17-47(6)63-70(96)80(11)43-61(88)78(9)44-62(89)82(13)57(40-48-25-20-18-21-26-48)68(94)79(10)42-59(86)74-53(39-50-27-24-28-51(73)37-50)64(90)75-55(38-49-29-31-52(98-16)32-30-49)67(93)84(15)72(7,8)71(97)76-54(35-45(2)3)66(92)83(14)58(69(95)85-33-22-19-23-34-85)41-60(87)81(12)56(36-46(4)5)65(91)77-63/h45-58,63H,17-44H2,1-16H3,(H,74,86)(H,75,90)(H,76,97)(H,77,91)/t47-,49?,50?,51?,52?,53-,54-,55-,56-,57-,58-,63-/m0/s1. The molecule has 2 saturated heterocycles. The van der Waals surface area contributed by atoms with Crippen molar-refractivity contribution in [3.63, 3.8) is 0 Å². The summed E-state index contributed by atoms with van der Waals surface area (Å²) in [7, 11) is 11.9. The highest BCUT2D eigenvalue weighted by Gasteiger charge is 2.45. The van der Waals surface area contributed by atoms with E-state index in [0.29, 0.717) is 55.5 Å². The molecule has 0 aromatic carbocycles. The molecule has 3 aliphatic carbocycles. The number of methoxy groups -OCH3 is 1. The lowest BCUT2D eigenvalue weighted by Gasteiger charge is -2.40. The Morgan fingerprint density at radius 3 is 1.68 bits per heavy atom. The van der Waals surface area contributed by atoms with E-state index in [9.17, 15) is 38.4 Å². The Kier molecular flexibility index (Phi) is 33.0. The van der Waals surface area contributed by atoms with Crippen LogP contribution in [0, 0.1) is 35.5 Å². The van der Waals surface area contributed by atoms with Gasteiger partial charge in [0.2, 0.25) is 70.9 Å². The molecule has 10 atom stereocenters. The molecule has 2 unspecified atom stereocenters. The minimum Gasteiger partial charge on any atom is -0.381 e. The normalized spacial score (nSPS) is 29.6. The first-order valence-electron chi connectivity index (χ1n) is 36.6. The summed E-state index contributed by atoms with van der Waals surface area (Å²) in [5.74, 6) is -7.91. The second kappa shape index (κ2) is 38.9. The van der Waals surface area contributed by atoms with Gasteiger partial charge in [-0.2, -0.15) is 0 Å². The Hall–Kier alpha value is -5.67. The van der Waals surface area contributed by atoms with Gasteiger partial charge in [0.1, 0.15) is 47.8 Å². The Balaban J connectivity index is 1.62. The van der Waals surface area contributed by atoms with E-state index in [2.05, 4.69) is 43.9 Å². The van der Waals surface area contributed by atoms with Gasteiger partial charge in [-0.1, -0.05) is 115 Å². The van der Waals surface area contributed by atoms with Crippen LogP contribution in [0.15, 0.2) is 0 Å². The van der Waals surface area contributed by atoms with Crippen LogP contribution in [0.2, 0.25) is 0 Å². The van der Waals surface area contributed by atoms with Crippen LogP contribution in [-0.2, 0) is 62.3 Å². The molecule has 0 spiro atoms. The fourth-order valence-electron chi connectivity index (χ4n) is 14.7. The minimum atomic E-state index is -1.68. The minimum absolute atomic E-state index is 0.0338. The molecule has 12 amide bonds. The average molecular weight is 1490 g/mol. The van der Waals surface area contributed by atoms with Gasteiger partial charge in [0.05, 0.1) is 32.2 Å². The number of halogens is 1. The van der Waals surface area contributed by atoms with Crippen molar-refractivity contribution in [3.05, 3.63) is 0 Å². The number of amides is 12. The maximum absolute atomic E-state index is 15.4. The molecule has 5 rings (SSSR count). The molecule has 5 aliphatic rings. The van der Waals surface area contributed by atoms with E-state index in [0.717, 1.165) is 77.0 Å². The molecule has 4 N–H and O–H groups in total. The molecule has 25 nitrogen and oxygen atoms in total. The predicted octanol–water partition coefficient (Wildman–Crippen LogP) is 5.52. The lowest BCUT2D eigenvalue weighted by Crippen LogP contribution is -2.64. The van der Waals surface area contributed by atoms with E-state index in [1.807, 2.05) is 34.6 Å². The molecule has 0 aromatic rings. The summed E-state index contributed by atoms with van der Waals surface area (Å²) >= 11 is 2.42. The van der Waals surface area contributed by atoms with Crippen LogP contribution in [0.1, 0.15) is 203 Å². The maximum Gasteiger partial charge on any atom is 0.246 e. The van der Waals surface area contributed by atoms with Crippen molar-refractivity contribution in [1.82, 2.24) is 60.5 Å². The third-order valence-corrected chi connectivity index (χ3v) is 22.9. The zero-order valence-electron chi connectivity index (χ0n) is 62.2. The second-order valence-electron chi connectivity index (χ2n) is 30.7. The molecular weight excluding hydrogens is 1370 g/mol. The molecular formula is C72H123IN12O13. The Morgan fingerprint density at radius 1 is 0.531 bits per heavy atom. The smallest absolute Gasteiger partial charge is 0.246 e. The summed E-state index contributed by atoms with van der Waals surface area (Å²) in [5.41, 5.74) is -1.68. The number of likely N-dealkylation sites (tertiary alicyclic amines) is 1. The van der Waals surface area contributed by atoms with Crippen LogP contribution in [-0.4, -0.2) is 257 Å². The van der Waals surface area contributed by atoms with Gasteiger partial charge in [0, 0.05) is 73.5 Å². The third kappa shape index (κ3) is 23.7. The Morgan fingerprint density at radius 2 is 1.09 bits per heavy atom. The fraction of sp³-hybridized carbons (Fsp3) is 0.833. The number of piperidine rings is 1. The lowest BCUT2D eigenvalue weighted by molar-refractivity contribution is -0.152. The largest absolute Gasteiger partial charge is 0.381 e. The highest BCUT2D eigenvalue weighted by molar-refractivity contribution is 14.1. The summed E-state index contributed by atoms with van der Waals surface area (Å²) in [6.45, 7) is 13.6. The van der Waals surface area contributed by atoms with Crippen LogP contribution < -0.4 is 21.3 Å². The van der Waals surface area contributed by atoms with Crippen LogP contribution in [0.5, 0.6) is 0 Å². The fourth-order valence-corrected chi connectivity index (χ4v) is 15.9.